The fourth-order valence-corrected chi connectivity index (χ4v) is 3.66. The molecule has 0 aromatic heterocycles. The van der Waals surface area contributed by atoms with Gasteiger partial charge in [-0.25, -0.2) is 4.79 Å². The van der Waals surface area contributed by atoms with Gasteiger partial charge >= 0.3 is 5.97 Å². The van der Waals surface area contributed by atoms with E-state index in [1.54, 1.807) is 38.4 Å². The molecule has 30 heavy (non-hydrogen) atoms. The molecule has 2 aromatic rings. The SMILES string of the molecule is Cc1ccc(C(C)NC(=O)COC(=O)c2ccccc2SCC(=O)N(C)C)cc1C. The number of aryl methyl sites for hydroxylation is 2. The summed E-state index contributed by atoms with van der Waals surface area (Å²) in [5, 5.41) is 2.85. The highest BCUT2D eigenvalue weighted by Crippen LogP contribution is 2.23. The molecule has 1 N–H and O–H groups in total. The summed E-state index contributed by atoms with van der Waals surface area (Å²) in [6.07, 6.45) is 0. The maximum absolute atomic E-state index is 12.5. The van der Waals surface area contributed by atoms with Crippen molar-refractivity contribution in [1.82, 2.24) is 10.2 Å². The average molecular weight is 429 g/mol. The number of amides is 2. The van der Waals surface area contributed by atoms with Gasteiger partial charge in [-0.05, 0) is 49.6 Å². The molecular weight excluding hydrogens is 400 g/mol. The van der Waals surface area contributed by atoms with E-state index in [1.807, 2.05) is 39.0 Å². The topological polar surface area (TPSA) is 75.7 Å². The highest BCUT2D eigenvalue weighted by molar-refractivity contribution is 8.00. The molecule has 0 spiro atoms. The van der Waals surface area contributed by atoms with Crippen LogP contribution in [0.15, 0.2) is 47.4 Å². The van der Waals surface area contributed by atoms with Crippen LogP contribution in [-0.2, 0) is 14.3 Å². The first-order valence-corrected chi connectivity index (χ1v) is 10.6. The summed E-state index contributed by atoms with van der Waals surface area (Å²) in [6.45, 7) is 5.58. The quantitative estimate of drug-likeness (QED) is 0.514. The molecular formula is C23H28N2O4S. The molecule has 1 atom stereocenters. The molecule has 0 aliphatic rings. The number of rotatable bonds is 8. The first-order chi connectivity index (χ1) is 14.2. The molecule has 1 unspecified atom stereocenters. The van der Waals surface area contributed by atoms with Gasteiger partial charge in [0, 0.05) is 19.0 Å². The summed E-state index contributed by atoms with van der Waals surface area (Å²) in [7, 11) is 3.36. The van der Waals surface area contributed by atoms with Crippen LogP contribution in [0.4, 0.5) is 0 Å². The van der Waals surface area contributed by atoms with Gasteiger partial charge in [0.25, 0.3) is 5.91 Å². The fraction of sp³-hybridized carbons (Fsp3) is 0.348. The highest BCUT2D eigenvalue weighted by atomic mass is 32.2. The third-order valence-electron chi connectivity index (χ3n) is 4.70. The first kappa shape index (κ1) is 23.5. The van der Waals surface area contributed by atoms with E-state index < -0.39 is 5.97 Å². The van der Waals surface area contributed by atoms with Gasteiger partial charge in [0.15, 0.2) is 6.61 Å². The van der Waals surface area contributed by atoms with E-state index in [2.05, 4.69) is 5.32 Å². The summed E-state index contributed by atoms with van der Waals surface area (Å²) in [5.41, 5.74) is 3.67. The zero-order valence-corrected chi connectivity index (χ0v) is 18.8. The molecule has 0 radical (unpaired) electrons. The molecule has 0 heterocycles. The zero-order chi connectivity index (χ0) is 22.3. The van der Waals surface area contributed by atoms with Gasteiger partial charge in [-0.3, -0.25) is 9.59 Å². The molecule has 0 fully saturated rings. The number of ether oxygens (including phenoxy) is 1. The number of thioether (sulfide) groups is 1. The fourth-order valence-electron chi connectivity index (χ4n) is 2.64. The lowest BCUT2D eigenvalue weighted by atomic mass is 10.0. The van der Waals surface area contributed by atoms with Crippen molar-refractivity contribution in [2.24, 2.45) is 0 Å². The lowest BCUT2D eigenvalue weighted by molar-refractivity contribution is -0.126. The van der Waals surface area contributed by atoms with Crippen molar-refractivity contribution in [3.8, 4) is 0 Å². The van der Waals surface area contributed by atoms with Crippen molar-refractivity contribution in [3.63, 3.8) is 0 Å². The van der Waals surface area contributed by atoms with Crippen LogP contribution in [0.25, 0.3) is 0 Å². The maximum Gasteiger partial charge on any atom is 0.339 e. The van der Waals surface area contributed by atoms with Crippen LogP contribution in [0.1, 0.15) is 40.0 Å². The molecule has 160 valence electrons. The van der Waals surface area contributed by atoms with E-state index >= 15 is 0 Å². The van der Waals surface area contributed by atoms with Gasteiger partial charge in [0.1, 0.15) is 0 Å². The monoisotopic (exact) mass is 428 g/mol. The normalized spacial score (nSPS) is 11.5. The first-order valence-electron chi connectivity index (χ1n) is 9.64. The lowest BCUT2D eigenvalue weighted by Crippen LogP contribution is -2.31. The third-order valence-corrected chi connectivity index (χ3v) is 5.76. The van der Waals surface area contributed by atoms with E-state index in [1.165, 1.54) is 22.2 Å². The predicted octanol–water partition coefficient (Wildman–Crippen LogP) is 3.52. The minimum atomic E-state index is -0.593. The largest absolute Gasteiger partial charge is 0.452 e. The van der Waals surface area contributed by atoms with Crippen LogP contribution in [0.5, 0.6) is 0 Å². The van der Waals surface area contributed by atoms with Crippen molar-refractivity contribution in [1.29, 1.82) is 0 Å². The molecule has 2 rings (SSSR count). The van der Waals surface area contributed by atoms with Crippen LogP contribution in [-0.4, -0.2) is 49.1 Å². The second-order valence-electron chi connectivity index (χ2n) is 7.28. The van der Waals surface area contributed by atoms with E-state index in [0.29, 0.717) is 10.5 Å². The summed E-state index contributed by atoms with van der Waals surface area (Å²) >= 11 is 1.26. The number of hydrogen-bond donors (Lipinski definition) is 1. The Kier molecular flexibility index (Phi) is 8.47. The molecule has 0 saturated heterocycles. The standard InChI is InChI=1S/C23H28N2O4S/c1-15-10-11-18(12-16(15)2)17(3)24-21(26)13-29-23(28)19-8-6-7-9-20(19)30-14-22(27)25(4)5/h6-12,17H,13-14H2,1-5H3,(H,24,26). The lowest BCUT2D eigenvalue weighted by Gasteiger charge is -2.16. The second-order valence-corrected chi connectivity index (χ2v) is 8.30. The van der Waals surface area contributed by atoms with Gasteiger partial charge in [-0.1, -0.05) is 30.3 Å². The van der Waals surface area contributed by atoms with Crippen LogP contribution < -0.4 is 5.32 Å². The van der Waals surface area contributed by atoms with Crippen molar-refractivity contribution in [2.45, 2.75) is 31.7 Å². The van der Waals surface area contributed by atoms with Crippen LogP contribution in [0.2, 0.25) is 0 Å². The van der Waals surface area contributed by atoms with E-state index in [-0.39, 0.29) is 30.2 Å². The smallest absolute Gasteiger partial charge is 0.339 e. The molecule has 0 bridgehead atoms. The van der Waals surface area contributed by atoms with Gasteiger partial charge in [0.2, 0.25) is 5.91 Å². The third kappa shape index (κ3) is 6.62. The Bertz CT molecular complexity index is 927. The minimum Gasteiger partial charge on any atom is -0.452 e. The van der Waals surface area contributed by atoms with Gasteiger partial charge in [0.05, 0.1) is 17.4 Å². The van der Waals surface area contributed by atoms with Crippen LogP contribution >= 0.6 is 11.8 Å². The predicted molar refractivity (Wildman–Crippen MR) is 119 cm³/mol. The number of esters is 1. The van der Waals surface area contributed by atoms with Crippen molar-refractivity contribution in [3.05, 3.63) is 64.7 Å². The molecule has 0 saturated carbocycles. The molecule has 0 aliphatic heterocycles. The molecule has 2 amide bonds. The highest BCUT2D eigenvalue weighted by Gasteiger charge is 2.17. The number of nitrogens with zero attached hydrogens (tertiary/aromatic N) is 1. The molecule has 2 aromatic carbocycles. The van der Waals surface area contributed by atoms with E-state index in [4.69, 9.17) is 4.74 Å². The molecule has 7 heteroatoms. The number of nitrogens with one attached hydrogen (secondary N) is 1. The number of hydrogen-bond acceptors (Lipinski definition) is 5. The molecule has 6 nitrogen and oxygen atoms in total. The Hall–Kier alpha value is -2.80. The van der Waals surface area contributed by atoms with Crippen LogP contribution in [0, 0.1) is 13.8 Å². The number of carbonyl (C=O) groups excluding carboxylic acids is 3. The summed E-state index contributed by atoms with van der Waals surface area (Å²) in [5.74, 6) is -0.806. The Balaban J connectivity index is 1.92. The number of carbonyl (C=O) groups is 3. The van der Waals surface area contributed by atoms with Crippen molar-refractivity contribution in [2.75, 3.05) is 26.5 Å². The van der Waals surface area contributed by atoms with Gasteiger partial charge < -0.3 is 15.0 Å². The summed E-state index contributed by atoms with van der Waals surface area (Å²) in [4.78, 5) is 38.7. The van der Waals surface area contributed by atoms with Crippen molar-refractivity contribution < 1.29 is 19.1 Å². The van der Waals surface area contributed by atoms with E-state index in [0.717, 1.165) is 11.1 Å². The summed E-state index contributed by atoms with van der Waals surface area (Å²) < 4.78 is 5.20. The molecule has 0 aliphatic carbocycles. The Labute approximate surface area is 182 Å². The summed E-state index contributed by atoms with van der Waals surface area (Å²) in [6, 6.07) is 12.7. The van der Waals surface area contributed by atoms with Gasteiger partial charge in [-0.2, -0.15) is 0 Å². The Morgan fingerprint density at radius 3 is 2.43 bits per heavy atom. The van der Waals surface area contributed by atoms with Crippen LogP contribution in [0.3, 0.4) is 0 Å². The van der Waals surface area contributed by atoms with E-state index in [9.17, 15) is 14.4 Å². The second kappa shape index (κ2) is 10.8. The average Bonchev–Trinajstić information content (AvgIpc) is 2.72. The minimum absolute atomic E-state index is 0.0529. The maximum atomic E-state index is 12.5. The van der Waals surface area contributed by atoms with Crippen molar-refractivity contribution >= 4 is 29.5 Å². The Morgan fingerprint density at radius 1 is 1.07 bits per heavy atom. The zero-order valence-electron chi connectivity index (χ0n) is 18.0. The number of benzene rings is 2. The Morgan fingerprint density at radius 2 is 1.77 bits per heavy atom. The van der Waals surface area contributed by atoms with Gasteiger partial charge in [-0.15, -0.1) is 11.8 Å².